The van der Waals surface area contributed by atoms with Crippen LogP contribution >= 0.6 is 0 Å². The second-order valence-corrected chi connectivity index (χ2v) is 4.25. The molecule has 1 aromatic carbocycles. The molecular formula is C14H17NO4. The molecule has 0 unspecified atom stereocenters. The third-order valence-corrected chi connectivity index (χ3v) is 2.65. The summed E-state index contributed by atoms with van der Waals surface area (Å²) in [5.41, 5.74) is 0.913. The SMILES string of the molecule is CCCN(CC(=O)O)C(=O)c1ccc(C(C)=O)cc1. The van der Waals surface area contributed by atoms with Gasteiger partial charge in [0.25, 0.3) is 5.91 Å². The summed E-state index contributed by atoms with van der Waals surface area (Å²) in [5.74, 6) is -1.45. The van der Waals surface area contributed by atoms with Gasteiger partial charge in [0, 0.05) is 17.7 Å². The number of benzene rings is 1. The zero-order valence-corrected chi connectivity index (χ0v) is 11.0. The molecule has 0 aromatic heterocycles. The summed E-state index contributed by atoms with van der Waals surface area (Å²) in [6, 6.07) is 6.23. The number of ketones is 1. The molecule has 102 valence electrons. The smallest absolute Gasteiger partial charge is 0.323 e. The van der Waals surface area contributed by atoms with Crippen LogP contribution in [-0.2, 0) is 4.79 Å². The summed E-state index contributed by atoms with van der Waals surface area (Å²) in [7, 11) is 0. The Bertz CT molecular complexity index is 479. The van der Waals surface area contributed by atoms with Crippen LogP contribution in [0.5, 0.6) is 0 Å². The first kappa shape index (κ1) is 14.9. The number of carbonyl (C=O) groups is 3. The van der Waals surface area contributed by atoms with Crippen molar-refractivity contribution in [2.24, 2.45) is 0 Å². The minimum absolute atomic E-state index is 0.0741. The molecule has 0 aliphatic rings. The topological polar surface area (TPSA) is 74.7 Å². The lowest BCUT2D eigenvalue weighted by Crippen LogP contribution is -2.36. The maximum atomic E-state index is 12.1. The van der Waals surface area contributed by atoms with Gasteiger partial charge < -0.3 is 10.0 Å². The average molecular weight is 263 g/mol. The molecule has 0 radical (unpaired) electrons. The highest BCUT2D eigenvalue weighted by Gasteiger charge is 2.17. The molecule has 5 nitrogen and oxygen atoms in total. The van der Waals surface area contributed by atoms with Crippen LogP contribution in [0.15, 0.2) is 24.3 Å². The van der Waals surface area contributed by atoms with E-state index in [2.05, 4.69) is 0 Å². The fourth-order valence-electron chi connectivity index (χ4n) is 1.72. The number of aliphatic carboxylic acids is 1. The maximum Gasteiger partial charge on any atom is 0.323 e. The van der Waals surface area contributed by atoms with Crippen molar-refractivity contribution in [1.82, 2.24) is 4.90 Å². The van der Waals surface area contributed by atoms with E-state index < -0.39 is 5.97 Å². The van der Waals surface area contributed by atoms with Gasteiger partial charge in [0.05, 0.1) is 0 Å². The van der Waals surface area contributed by atoms with Crippen molar-refractivity contribution in [3.8, 4) is 0 Å². The second-order valence-electron chi connectivity index (χ2n) is 4.25. The first-order chi connectivity index (χ1) is 8.95. The zero-order valence-electron chi connectivity index (χ0n) is 11.0. The summed E-state index contributed by atoms with van der Waals surface area (Å²) < 4.78 is 0. The van der Waals surface area contributed by atoms with E-state index in [4.69, 9.17) is 5.11 Å². The molecule has 0 bridgehead atoms. The molecule has 0 saturated carbocycles. The molecule has 1 rings (SSSR count). The molecule has 1 N–H and O–H groups in total. The van der Waals surface area contributed by atoms with Crippen LogP contribution in [0.2, 0.25) is 0 Å². The first-order valence-electron chi connectivity index (χ1n) is 6.07. The highest BCUT2D eigenvalue weighted by Crippen LogP contribution is 2.09. The number of rotatable bonds is 6. The predicted octanol–water partition coefficient (Wildman–Crippen LogP) is 1.83. The number of amides is 1. The standard InChI is InChI=1S/C14H17NO4/c1-3-8-15(9-13(17)18)14(19)12-6-4-11(5-7-12)10(2)16/h4-7H,3,8-9H2,1-2H3,(H,17,18). The van der Waals surface area contributed by atoms with Gasteiger partial charge in [-0.2, -0.15) is 0 Å². The van der Waals surface area contributed by atoms with Crippen LogP contribution in [0.4, 0.5) is 0 Å². The van der Waals surface area contributed by atoms with Gasteiger partial charge in [-0.05, 0) is 25.5 Å². The summed E-state index contributed by atoms with van der Waals surface area (Å²) in [4.78, 5) is 35.3. The maximum absolute atomic E-state index is 12.1. The molecule has 0 heterocycles. The van der Waals surface area contributed by atoms with Crippen molar-refractivity contribution < 1.29 is 19.5 Å². The summed E-state index contributed by atoms with van der Waals surface area (Å²) >= 11 is 0. The van der Waals surface area contributed by atoms with E-state index in [1.165, 1.54) is 11.8 Å². The molecule has 0 atom stereocenters. The summed E-state index contributed by atoms with van der Waals surface area (Å²) in [6.07, 6.45) is 0.685. The van der Waals surface area contributed by atoms with Gasteiger partial charge in [-0.3, -0.25) is 14.4 Å². The monoisotopic (exact) mass is 263 g/mol. The minimum Gasteiger partial charge on any atom is -0.480 e. The number of carboxylic acids is 1. The van der Waals surface area contributed by atoms with Crippen molar-refractivity contribution in [2.75, 3.05) is 13.1 Å². The van der Waals surface area contributed by atoms with Crippen molar-refractivity contribution in [2.45, 2.75) is 20.3 Å². The minimum atomic E-state index is -1.04. The number of carboxylic acid groups (broad SMARTS) is 1. The quantitative estimate of drug-likeness (QED) is 0.794. The lowest BCUT2D eigenvalue weighted by molar-refractivity contribution is -0.137. The van der Waals surface area contributed by atoms with E-state index in [1.54, 1.807) is 24.3 Å². The molecule has 0 aliphatic carbocycles. The van der Waals surface area contributed by atoms with Gasteiger partial charge in [0.2, 0.25) is 0 Å². The first-order valence-corrected chi connectivity index (χ1v) is 6.07. The zero-order chi connectivity index (χ0) is 14.4. The van der Waals surface area contributed by atoms with Gasteiger partial charge in [-0.15, -0.1) is 0 Å². The van der Waals surface area contributed by atoms with E-state index >= 15 is 0 Å². The van der Waals surface area contributed by atoms with Gasteiger partial charge in [0.1, 0.15) is 6.54 Å². The van der Waals surface area contributed by atoms with E-state index in [-0.39, 0.29) is 18.2 Å². The van der Waals surface area contributed by atoms with Crippen LogP contribution in [0.1, 0.15) is 41.0 Å². The number of hydrogen-bond donors (Lipinski definition) is 1. The fourth-order valence-corrected chi connectivity index (χ4v) is 1.72. The van der Waals surface area contributed by atoms with Crippen molar-refractivity contribution in [1.29, 1.82) is 0 Å². The highest BCUT2D eigenvalue weighted by atomic mass is 16.4. The van der Waals surface area contributed by atoms with Crippen molar-refractivity contribution in [3.63, 3.8) is 0 Å². The summed E-state index contributed by atoms with van der Waals surface area (Å²) in [6.45, 7) is 3.40. The van der Waals surface area contributed by atoms with E-state index in [0.717, 1.165) is 0 Å². The normalized spacial score (nSPS) is 10.0. The molecule has 0 aliphatic heterocycles. The van der Waals surface area contributed by atoms with Crippen molar-refractivity contribution in [3.05, 3.63) is 35.4 Å². The Kier molecular flexibility index (Phi) is 5.23. The fraction of sp³-hybridized carbons (Fsp3) is 0.357. The van der Waals surface area contributed by atoms with E-state index in [9.17, 15) is 14.4 Å². The molecule has 5 heteroatoms. The number of hydrogen-bond acceptors (Lipinski definition) is 3. The molecule has 0 saturated heterocycles. The number of Topliss-reactive ketones (excluding diaryl/α,β-unsaturated/α-hetero) is 1. The molecule has 0 spiro atoms. The Balaban J connectivity index is 2.89. The van der Waals surface area contributed by atoms with Crippen LogP contribution in [0, 0.1) is 0 Å². The Hall–Kier alpha value is -2.17. The van der Waals surface area contributed by atoms with Crippen LogP contribution < -0.4 is 0 Å². The van der Waals surface area contributed by atoms with Gasteiger partial charge in [-0.1, -0.05) is 19.1 Å². The van der Waals surface area contributed by atoms with Gasteiger partial charge in [-0.25, -0.2) is 0 Å². The molecule has 0 fully saturated rings. The Labute approximate surface area is 111 Å². The third kappa shape index (κ3) is 4.21. The Morgan fingerprint density at radius 3 is 2.05 bits per heavy atom. The second kappa shape index (κ2) is 6.68. The van der Waals surface area contributed by atoms with Gasteiger partial charge in [0.15, 0.2) is 5.78 Å². The number of nitrogens with zero attached hydrogens (tertiary/aromatic N) is 1. The van der Waals surface area contributed by atoms with Crippen LogP contribution in [0.25, 0.3) is 0 Å². The van der Waals surface area contributed by atoms with Gasteiger partial charge >= 0.3 is 5.97 Å². The van der Waals surface area contributed by atoms with Crippen LogP contribution in [-0.4, -0.2) is 40.8 Å². The Morgan fingerprint density at radius 2 is 1.63 bits per heavy atom. The van der Waals surface area contributed by atoms with E-state index in [1.807, 2.05) is 6.92 Å². The Morgan fingerprint density at radius 1 is 1.11 bits per heavy atom. The van der Waals surface area contributed by atoms with Crippen LogP contribution in [0.3, 0.4) is 0 Å². The molecule has 19 heavy (non-hydrogen) atoms. The van der Waals surface area contributed by atoms with Crippen molar-refractivity contribution >= 4 is 17.7 Å². The number of carbonyl (C=O) groups excluding carboxylic acids is 2. The predicted molar refractivity (Wildman–Crippen MR) is 70.3 cm³/mol. The summed E-state index contributed by atoms with van der Waals surface area (Å²) in [5, 5.41) is 8.78. The lowest BCUT2D eigenvalue weighted by atomic mass is 10.1. The third-order valence-electron chi connectivity index (χ3n) is 2.65. The largest absolute Gasteiger partial charge is 0.480 e. The average Bonchev–Trinajstić information content (AvgIpc) is 2.37. The van der Waals surface area contributed by atoms with E-state index in [0.29, 0.717) is 24.1 Å². The molecular weight excluding hydrogens is 246 g/mol. The molecule has 1 aromatic rings. The highest BCUT2D eigenvalue weighted by molar-refractivity contribution is 5.98. The molecule has 1 amide bonds. The lowest BCUT2D eigenvalue weighted by Gasteiger charge is -2.20.